The van der Waals surface area contributed by atoms with E-state index in [1.807, 2.05) is 50.2 Å². The van der Waals surface area contributed by atoms with Crippen LogP contribution in [0.2, 0.25) is 0 Å². The minimum atomic E-state index is -0.163. The van der Waals surface area contributed by atoms with Crippen LogP contribution in [0.15, 0.2) is 42.5 Å². The number of rotatable bonds is 4. The van der Waals surface area contributed by atoms with E-state index >= 15 is 0 Å². The number of nitrogens with zero attached hydrogens (tertiary/aromatic N) is 2. The van der Waals surface area contributed by atoms with Gasteiger partial charge in [0, 0.05) is 46.4 Å². The minimum Gasteiger partial charge on any atom is -0.351 e. The first-order chi connectivity index (χ1) is 13.0. The molecule has 1 aliphatic rings. The molecule has 1 heterocycles. The van der Waals surface area contributed by atoms with Gasteiger partial charge in [0.15, 0.2) is 5.78 Å². The molecule has 136 valence electrons. The van der Waals surface area contributed by atoms with E-state index in [0.717, 1.165) is 28.7 Å². The number of fused-ring (bicyclic) bond motifs is 2. The van der Waals surface area contributed by atoms with Crippen LogP contribution >= 0.6 is 0 Å². The number of aryl methyl sites for hydroxylation is 1. The number of hydrogen-bond donors (Lipinski definition) is 1. The van der Waals surface area contributed by atoms with Crippen LogP contribution in [0.3, 0.4) is 0 Å². The summed E-state index contributed by atoms with van der Waals surface area (Å²) in [7, 11) is 3.92. The lowest BCUT2D eigenvalue weighted by molar-refractivity contribution is 0.0951. The molecule has 0 saturated carbocycles. The van der Waals surface area contributed by atoms with Gasteiger partial charge in [-0.2, -0.15) is 0 Å². The fraction of sp³-hybridized carbons (Fsp3) is 0.227. The Morgan fingerprint density at radius 3 is 2.59 bits per heavy atom. The van der Waals surface area contributed by atoms with Gasteiger partial charge in [0.1, 0.15) is 0 Å². The maximum atomic E-state index is 13.1. The molecule has 27 heavy (non-hydrogen) atoms. The number of hydrogen-bond acceptors (Lipinski definition) is 4. The molecule has 0 saturated heterocycles. The normalized spacial score (nSPS) is 12.4. The second-order valence-electron chi connectivity index (χ2n) is 7.13. The summed E-state index contributed by atoms with van der Waals surface area (Å²) in [6.45, 7) is 3.23. The van der Waals surface area contributed by atoms with Crippen LogP contribution in [-0.2, 0) is 0 Å². The van der Waals surface area contributed by atoms with Crippen molar-refractivity contribution in [3.8, 4) is 11.1 Å². The predicted molar refractivity (Wildman–Crippen MR) is 106 cm³/mol. The predicted octanol–water partition coefficient (Wildman–Crippen LogP) is 3.05. The molecule has 0 fully saturated rings. The lowest BCUT2D eigenvalue weighted by atomic mass is 9.81. The lowest BCUT2D eigenvalue weighted by Gasteiger charge is -2.22. The largest absolute Gasteiger partial charge is 0.351 e. The zero-order valence-corrected chi connectivity index (χ0v) is 15.7. The topological polar surface area (TPSA) is 62.3 Å². The third-order valence-corrected chi connectivity index (χ3v) is 4.87. The van der Waals surface area contributed by atoms with E-state index in [-0.39, 0.29) is 11.7 Å². The van der Waals surface area contributed by atoms with Gasteiger partial charge < -0.3 is 10.2 Å². The Labute approximate surface area is 158 Å². The number of carbonyl (C=O) groups excluding carboxylic acids is 2. The molecule has 0 bridgehead atoms. The van der Waals surface area contributed by atoms with Crippen molar-refractivity contribution in [3.63, 3.8) is 0 Å². The molecule has 1 amide bonds. The van der Waals surface area contributed by atoms with Crippen molar-refractivity contribution in [1.82, 2.24) is 15.2 Å². The summed E-state index contributed by atoms with van der Waals surface area (Å²) in [6.07, 6.45) is 0. The molecule has 2 aromatic carbocycles. The molecule has 0 radical (unpaired) electrons. The Bertz CT molecular complexity index is 1090. The van der Waals surface area contributed by atoms with E-state index in [1.165, 1.54) is 0 Å². The van der Waals surface area contributed by atoms with Crippen molar-refractivity contribution in [2.24, 2.45) is 0 Å². The van der Waals surface area contributed by atoms with E-state index in [2.05, 4.69) is 10.3 Å². The number of nitrogens with one attached hydrogen (secondary N) is 1. The van der Waals surface area contributed by atoms with Crippen molar-refractivity contribution in [3.05, 3.63) is 64.8 Å². The number of amides is 1. The Morgan fingerprint density at radius 2 is 1.81 bits per heavy atom. The molecule has 5 heteroatoms. The van der Waals surface area contributed by atoms with Crippen molar-refractivity contribution in [2.45, 2.75) is 6.92 Å². The highest BCUT2D eigenvalue weighted by atomic mass is 16.1. The van der Waals surface area contributed by atoms with Crippen molar-refractivity contribution in [2.75, 3.05) is 27.2 Å². The van der Waals surface area contributed by atoms with Crippen LogP contribution < -0.4 is 5.32 Å². The van der Waals surface area contributed by atoms with E-state index in [1.54, 1.807) is 18.2 Å². The molecule has 3 aromatic rings. The Hall–Kier alpha value is -3.05. The van der Waals surface area contributed by atoms with Gasteiger partial charge in [-0.15, -0.1) is 0 Å². The van der Waals surface area contributed by atoms with Gasteiger partial charge in [-0.05, 0) is 44.8 Å². The van der Waals surface area contributed by atoms with E-state index < -0.39 is 0 Å². The molecule has 1 aromatic heterocycles. The Balaban J connectivity index is 1.90. The van der Waals surface area contributed by atoms with E-state index in [0.29, 0.717) is 28.8 Å². The molecule has 0 spiro atoms. The molecule has 0 atom stereocenters. The molecule has 4 rings (SSSR count). The summed E-state index contributed by atoms with van der Waals surface area (Å²) in [5, 5.41) is 3.79. The summed E-state index contributed by atoms with van der Waals surface area (Å²) in [5.74, 6) is -0.222. The third-order valence-electron chi connectivity index (χ3n) is 4.87. The second-order valence-corrected chi connectivity index (χ2v) is 7.13. The summed E-state index contributed by atoms with van der Waals surface area (Å²) in [5.41, 5.74) is 5.00. The average Bonchev–Trinajstić information content (AvgIpc) is 2.64. The fourth-order valence-electron chi connectivity index (χ4n) is 3.66. The number of aromatic nitrogens is 1. The summed E-state index contributed by atoms with van der Waals surface area (Å²) < 4.78 is 0. The lowest BCUT2D eigenvalue weighted by Crippen LogP contribution is -2.32. The SMILES string of the molecule is Cc1cc2c3c(cccc3n1)C(=O)c1cccc(C(=O)NCCN(C)C)c1-2. The number of benzene rings is 2. The monoisotopic (exact) mass is 359 g/mol. The smallest absolute Gasteiger partial charge is 0.251 e. The highest BCUT2D eigenvalue weighted by molar-refractivity contribution is 6.27. The van der Waals surface area contributed by atoms with Crippen LogP contribution in [0.5, 0.6) is 0 Å². The van der Waals surface area contributed by atoms with Crippen LogP contribution in [-0.4, -0.2) is 48.8 Å². The maximum Gasteiger partial charge on any atom is 0.251 e. The van der Waals surface area contributed by atoms with Gasteiger partial charge in [-0.25, -0.2) is 0 Å². The summed E-state index contributed by atoms with van der Waals surface area (Å²) in [4.78, 5) is 32.5. The molecular weight excluding hydrogens is 338 g/mol. The van der Waals surface area contributed by atoms with Crippen LogP contribution in [0.25, 0.3) is 22.0 Å². The number of ketones is 1. The third kappa shape index (κ3) is 2.90. The molecule has 0 unspecified atom stereocenters. The van der Waals surface area contributed by atoms with Crippen molar-refractivity contribution >= 4 is 22.6 Å². The summed E-state index contributed by atoms with van der Waals surface area (Å²) >= 11 is 0. The van der Waals surface area contributed by atoms with Crippen molar-refractivity contribution < 1.29 is 9.59 Å². The van der Waals surface area contributed by atoms with Crippen molar-refractivity contribution in [1.29, 1.82) is 0 Å². The molecule has 1 N–H and O–H groups in total. The van der Waals surface area contributed by atoms with Crippen LogP contribution in [0.1, 0.15) is 32.0 Å². The molecule has 0 aliphatic heterocycles. The first-order valence-electron chi connectivity index (χ1n) is 8.99. The first kappa shape index (κ1) is 17.4. The highest BCUT2D eigenvalue weighted by Gasteiger charge is 2.29. The van der Waals surface area contributed by atoms with Gasteiger partial charge in [0.2, 0.25) is 0 Å². The zero-order chi connectivity index (χ0) is 19.1. The number of likely N-dealkylation sites (N-methyl/N-ethyl adjacent to an activating group) is 1. The van der Waals surface area contributed by atoms with Crippen LogP contribution in [0.4, 0.5) is 0 Å². The molecule has 5 nitrogen and oxygen atoms in total. The molecule has 1 aliphatic carbocycles. The highest BCUT2D eigenvalue weighted by Crippen LogP contribution is 2.40. The van der Waals surface area contributed by atoms with E-state index in [9.17, 15) is 9.59 Å². The van der Waals surface area contributed by atoms with E-state index in [4.69, 9.17) is 0 Å². The van der Waals surface area contributed by atoms with Gasteiger partial charge in [0.05, 0.1) is 5.52 Å². The Morgan fingerprint density at radius 1 is 1.07 bits per heavy atom. The zero-order valence-electron chi connectivity index (χ0n) is 15.7. The summed E-state index contributed by atoms with van der Waals surface area (Å²) in [6, 6.07) is 12.9. The standard InChI is InChI=1S/C22H21N3O2/c1-13-12-17-19-14(21(26)15-7-5-9-18(24-13)20(15)17)6-4-8-16(19)22(27)23-10-11-25(2)3/h4-9,12H,10-11H2,1-3H3,(H,23,27). The van der Waals surface area contributed by atoms with Gasteiger partial charge in [-0.1, -0.05) is 24.3 Å². The van der Waals surface area contributed by atoms with Gasteiger partial charge >= 0.3 is 0 Å². The fourth-order valence-corrected chi connectivity index (χ4v) is 3.66. The maximum absolute atomic E-state index is 13.1. The number of pyridine rings is 1. The molecular formula is C22H21N3O2. The first-order valence-corrected chi connectivity index (χ1v) is 8.99. The van der Waals surface area contributed by atoms with Gasteiger partial charge in [0.25, 0.3) is 5.91 Å². The second kappa shape index (κ2) is 6.59. The Kier molecular flexibility index (Phi) is 4.24. The minimum absolute atomic E-state index is 0.0586. The number of carbonyl (C=O) groups is 2. The quantitative estimate of drug-likeness (QED) is 0.608. The van der Waals surface area contributed by atoms with Crippen LogP contribution in [0, 0.1) is 6.92 Å². The van der Waals surface area contributed by atoms with Gasteiger partial charge in [-0.3, -0.25) is 14.6 Å². The average molecular weight is 359 g/mol.